The number of hydrogen-bond acceptors (Lipinski definition) is 3. The maximum absolute atomic E-state index is 2.76. The molecule has 0 bridgehead atoms. The van der Waals surface area contributed by atoms with Crippen molar-refractivity contribution >= 4 is 88.7 Å². The van der Waals surface area contributed by atoms with Gasteiger partial charge in [-0.15, -0.1) is 11.3 Å². The zero-order chi connectivity index (χ0) is 50.7. The Kier molecular flexibility index (Phi) is 9.64. The van der Waals surface area contributed by atoms with E-state index >= 15 is 0 Å². The van der Waals surface area contributed by atoms with Crippen molar-refractivity contribution in [3.63, 3.8) is 0 Å². The van der Waals surface area contributed by atoms with E-state index in [0.717, 1.165) is 6.42 Å². The van der Waals surface area contributed by atoms with Crippen LogP contribution < -0.4 is 26.2 Å². The van der Waals surface area contributed by atoms with Crippen LogP contribution in [-0.2, 0) is 43.3 Å². The van der Waals surface area contributed by atoms with Crippen LogP contribution in [0.5, 0.6) is 0 Å². The van der Waals surface area contributed by atoms with E-state index in [1.807, 2.05) is 11.3 Å². The first kappa shape index (κ1) is 47.2. The SMILES string of the molecule is CC(C)(C)c1cc2c3c(c1)N(c1cccc4c1sc1cc(C(C)(C)C)ccc14)c1cc4c(cc1B3c1cc3c(cc1N2c1ccc2c(c1)C(C)(C)CCC2(C)C)C(C)(C)CCC3(C)C)C(C)(C)CC4(C)C. The standard InChI is InChI=1S/C67H79BN2S/c1-60(2,3)39-22-24-42-43-20-19-21-52(59(43)71-57(42)32-39)70-54-37-49-47(66(15,16)38-67(49,17)18)35-51(54)68-50-34-46-48(65(13,14)29-28-64(46,11)12)36-53(50)69(55-30-40(61(4,5)6)31-56(70)58(55)68)41-23-25-44-45(33-41)63(9,10)27-26-62(44,7)8/h19-25,30-37H,26-29,38H2,1-18H3. The average Bonchev–Trinajstić information content (AvgIpc) is 3.74. The molecule has 7 aromatic rings. The summed E-state index contributed by atoms with van der Waals surface area (Å²) in [6, 6.07) is 38.1. The molecule has 4 heteroatoms. The highest BCUT2D eigenvalue weighted by Crippen LogP contribution is 2.56. The van der Waals surface area contributed by atoms with E-state index < -0.39 is 0 Å². The number of thiophene rings is 1. The van der Waals surface area contributed by atoms with Crippen molar-refractivity contribution in [1.82, 2.24) is 0 Å². The summed E-state index contributed by atoms with van der Waals surface area (Å²) in [6.07, 6.45) is 5.89. The minimum Gasteiger partial charge on any atom is -0.311 e. The van der Waals surface area contributed by atoms with Crippen molar-refractivity contribution in [2.24, 2.45) is 0 Å². The fraction of sp³-hybridized carbons (Fsp3) is 0.463. The summed E-state index contributed by atoms with van der Waals surface area (Å²) in [4.78, 5) is 5.52. The Hall–Kier alpha value is -4.80. The average molecular weight is 955 g/mol. The molecule has 12 rings (SSSR count). The molecule has 0 N–H and O–H groups in total. The van der Waals surface area contributed by atoms with Gasteiger partial charge in [-0.25, -0.2) is 0 Å². The first-order chi connectivity index (χ1) is 32.9. The van der Waals surface area contributed by atoms with E-state index in [0.29, 0.717) is 0 Å². The van der Waals surface area contributed by atoms with Crippen molar-refractivity contribution in [3.05, 3.63) is 136 Å². The van der Waals surface area contributed by atoms with Crippen LogP contribution in [0.3, 0.4) is 0 Å². The van der Waals surface area contributed by atoms with Crippen molar-refractivity contribution < 1.29 is 0 Å². The Morgan fingerprint density at radius 2 is 0.915 bits per heavy atom. The van der Waals surface area contributed by atoms with Gasteiger partial charge in [-0.1, -0.05) is 167 Å². The molecule has 0 radical (unpaired) electrons. The number of benzene rings is 6. The quantitative estimate of drug-likeness (QED) is 0.159. The zero-order valence-corrected chi connectivity index (χ0v) is 47.4. The van der Waals surface area contributed by atoms with Gasteiger partial charge in [0.2, 0.25) is 0 Å². The number of anilines is 6. The summed E-state index contributed by atoms with van der Waals surface area (Å²) in [7, 11) is 0. The van der Waals surface area contributed by atoms with Crippen LogP contribution in [0, 0.1) is 0 Å². The monoisotopic (exact) mass is 955 g/mol. The molecule has 0 spiro atoms. The molecule has 3 aliphatic carbocycles. The molecule has 71 heavy (non-hydrogen) atoms. The summed E-state index contributed by atoms with van der Waals surface area (Å²) >= 11 is 1.98. The van der Waals surface area contributed by atoms with E-state index in [1.165, 1.54) is 141 Å². The third-order valence-electron chi connectivity index (χ3n) is 19.1. The predicted octanol–water partition coefficient (Wildman–Crippen LogP) is 17.4. The van der Waals surface area contributed by atoms with Gasteiger partial charge in [0.1, 0.15) is 0 Å². The summed E-state index contributed by atoms with van der Waals surface area (Å²) in [5.41, 5.74) is 24.5. The second-order valence-electron chi connectivity index (χ2n) is 29.1. The van der Waals surface area contributed by atoms with Gasteiger partial charge < -0.3 is 9.80 Å². The molecule has 2 aliphatic heterocycles. The zero-order valence-electron chi connectivity index (χ0n) is 46.6. The summed E-state index contributed by atoms with van der Waals surface area (Å²) in [6.45, 7) is 44.3. The summed E-state index contributed by atoms with van der Waals surface area (Å²) in [5, 5.41) is 2.70. The number of fused-ring (bicyclic) bond motifs is 10. The highest BCUT2D eigenvalue weighted by atomic mass is 32.1. The fourth-order valence-electron chi connectivity index (χ4n) is 14.6. The summed E-state index contributed by atoms with van der Waals surface area (Å²) in [5.74, 6) is 0. The van der Waals surface area contributed by atoms with E-state index in [4.69, 9.17) is 0 Å². The lowest BCUT2D eigenvalue weighted by molar-refractivity contribution is 0.332. The number of rotatable bonds is 2. The number of hydrogen-bond donors (Lipinski definition) is 0. The first-order valence-corrected chi connectivity index (χ1v) is 28.0. The Balaban J connectivity index is 1.24. The van der Waals surface area contributed by atoms with Crippen LogP contribution in [0.4, 0.5) is 34.1 Å². The topological polar surface area (TPSA) is 6.48 Å². The van der Waals surface area contributed by atoms with Crippen molar-refractivity contribution in [3.8, 4) is 0 Å². The molecular weight excluding hydrogens is 876 g/mol. The second kappa shape index (κ2) is 14.5. The molecule has 0 atom stereocenters. The van der Waals surface area contributed by atoms with E-state index in [-0.39, 0.29) is 50.0 Å². The van der Waals surface area contributed by atoms with Gasteiger partial charge in [-0.05, 0) is 185 Å². The molecule has 0 amide bonds. The molecule has 0 saturated carbocycles. The van der Waals surface area contributed by atoms with Crippen molar-refractivity contribution in [2.75, 3.05) is 9.80 Å². The summed E-state index contributed by atoms with van der Waals surface area (Å²) < 4.78 is 2.73. The molecule has 2 nitrogen and oxygen atoms in total. The van der Waals surface area contributed by atoms with Crippen molar-refractivity contribution in [1.29, 1.82) is 0 Å². The largest absolute Gasteiger partial charge is 0.311 e. The smallest absolute Gasteiger partial charge is 0.252 e. The fourth-order valence-corrected chi connectivity index (χ4v) is 15.9. The molecule has 0 unspecified atom stereocenters. The third-order valence-corrected chi connectivity index (χ3v) is 20.3. The van der Waals surface area contributed by atoms with Gasteiger partial charge in [-0.3, -0.25) is 0 Å². The van der Waals surface area contributed by atoms with Crippen molar-refractivity contribution in [2.45, 2.75) is 200 Å². The Labute approximate surface area is 431 Å². The highest BCUT2D eigenvalue weighted by molar-refractivity contribution is 7.26. The van der Waals surface area contributed by atoms with Crippen LogP contribution in [0.1, 0.15) is 201 Å². The number of nitrogens with zero attached hydrogens (tertiary/aromatic N) is 2. The van der Waals surface area contributed by atoms with Gasteiger partial charge in [-0.2, -0.15) is 0 Å². The second-order valence-corrected chi connectivity index (χ2v) is 30.2. The third kappa shape index (κ3) is 6.84. The van der Waals surface area contributed by atoms with Crippen LogP contribution in [-0.4, -0.2) is 6.71 Å². The Morgan fingerprint density at radius 1 is 0.423 bits per heavy atom. The molecular formula is C67H79BN2S. The first-order valence-electron chi connectivity index (χ1n) is 27.2. The normalized spacial score (nSPS) is 20.6. The predicted molar refractivity (Wildman–Crippen MR) is 312 cm³/mol. The van der Waals surface area contributed by atoms with E-state index in [1.54, 1.807) is 0 Å². The van der Waals surface area contributed by atoms with E-state index in [9.17, 15) is 0 Å². The van der Waals surface area contributed by atoms with E-state index in [2.05, 4.69) is 225 Å². The van der Waals surface area contributed by atoms with Gasteiger partial charge >= 0.3 is 0 Å². The van der Waals surface area contributed by atoms with Crippen LogP contribution in [0.25, 0.3) is 20.2 Å². The molecule has 3 heterocycles. The lowest BCUT2D eigenvalue weighted by Crippen LogP contribution is -2.62. The van der Waals surface area contributed by atoms with Gasteiger partial charge in [0.25, 0.3) is 6.71 Å². The van der Waals surface area contributed by atoms with Gasteiger partial charge in [0.05, 0.1) is 10.4 Å². The lowest BCUT2D eigenvalue weighted by atomic mass is 9.32. The van der Waals surface area contributed by atoms with Crippen LogP contribution >= 0.6 is 11.3 Å². The molecule has 6 aromatic carbocycles. The Morgan fingerprint density at radius 3 is 1.49 bits per heavy atom. The highest BCUT2D eigenvalue weighted by Gasteiger charge is 2.50. The minimum absolute atomic E-state index is 0.0376. The van der Waals surface area contributed by atoms with Crippen LogP contribution in [0.15, 0.2) is 91.0 Å². The lowest BCUT2D eigenvalue weighted by Gasteiger charge is -2.48. The van der Waals surface area contributed by atoms with Crippen LogP contribution in [0.2, 0.25) is 0 Å². The van der Waals surface area contributed by atoms with Gasteiger partial charge in [0.15, 0.2) is 0 Å². The molecule has 0 saturated heterocycles. The molecule has 366 valence electrons. The minimum atomic E-state index is -0.112. The molecule has 0 fully saturated rings. The maximum atomic E-state index is 2.76. The molecule has 5 aliphatic rings. The maximum Gasteiger partial charge on any atom is 0.252 e. The Bertz CT molecular complexity index is 3450. The molecule has 1 aromatic heterocycles. The van der Waals surface area contributed by atoms with Gasteiger partial charge in [0, 0.05) is 43.9 Å².